The Morgan fingerprint density at radius 2 is 2.35 bits per heavy atom. The van der Waals surface area contributed by atoms with Gasteiger partial charge in [0.05, 0.1) is 5.70 Å². The van der Waals surface area contributed by atoms with Crippen LogP contribution in [-0.2, 0) is 6.42 Å². The second-order valence-corrected chi connectivity index (χ2v) is 5.30. The Labute approximate surface area is 111 Å². The standard InChI is InChI=1S/C13H12ClN2S/c14-10-3-4-12-8(5-10)1-2-9(12)6-11-7-15-13(17)16-11/h3-5,7,9H,1-2,6H2,(H,15,17). The van der Waals surface area contributed by atoms with Gasteiger partial charge in [-0.15, -0.1) is 0 Å². The maximum atomic E-state index is 6.00. The Bertz CT molecular complexity index is 510. The van der Waals surface area contributed by atoms with Gasteiger partial charge in [0.15, 0.2) is 5.11 Å². The Kier molecular flexibility index (Phi) is 2.81. The number of allylic oxidation sites excluding steroid dienone is 1. The van der Waals surface area contributed by atoms with Crippen molar-refractivity contribution >= 4 is 28.9 Å². The molecule has 1 N–H and O–H groups in total. The first-order valence-corrected chi connectivity index (χ1v) is 6.50. The smallest absolute Gasteiger partial charge is 0.197 e. The van der Waals surface area contributed by atoms with E-state index in [1.54, 1.807) is 0 Å². The third-order valence-electron chi connectivity index (χ3n) is 3.37. The molecular formula is C13H12ClN2S. The molecule has 0 bridgehead atoms. The average Bonchev–Trinajstić information content (AvgIpc) is 2.86. The largest absolute Gasteiger partial charge is 0.336 e. The minimum Gasteiger partial charge on any atom is -0.336 e. The number of thiocarbonyl (C=S) groups is 1. The van der Waals surface area contributed by atoms with E-state index < -0.39 is 0 Å². The molecular weight excluding hydrogens is 252 g/mol. The van der Waals surface area contributed by atoms with Crippen LogP contribution >= 0.6 is 23.8 Å². The quantitative estimate of drug-likeness (QED) is 0.830. The van der Waals surface area contributed by atoms with E-state index in [4.69, 9.17) is 23.8 Å². The van der Waals surface area contributed by atoms with Crippen molar-refractivity contribution in [3.8, 4) is 0 Å². The summed E-state index contributed by atoms with van der Waals surface area (Å²) >= 11 is 11.0. The molecule has 0 saturated carbocycles. The van der Waals surface area contributed by atoms with Crippen LogP contribution in [-0.4, -0.2) is 5.11 Å². The Balaban J connectivity index is 1.78. The number of rotatable bonds is 2. The first-order chi connectivity index (χ1) is 8.22. The van der Waals surface area contributed by atoms with Crippen molar-refractivity contribution < 1.29 is 0 Å². The van der Waals surface area contributed by atoms with Crippen LogP contribution in [0.5, 0.6) is 0 Å². The van der Waals surface area contributed by atoms with E-state index in [9.17, 15) is 0 Å². The highest BCUT2D eigenvalue weighted by molar-refractivity contribution is 7.80. The molecule has 4 heteroatoms. The van der Waals surface area contributed by atoms with Crippen LogP contribution in [0.3, 0.4) is 0 Å². The molecule has 0 spiro atoms. The molecule has 17 heavy (non-hydrogen) atoms. The lowest BCUT2D eigenvalue weighted by atomic mass is 9.96. The number of fused-ring (bicyclic) bond motifs is 1. The fraction of sp³-hybridized carbons (Fsp3) is 0.308. The lowest BCUT2D eigenvalue weighted by Crippen LogP contribution is -2.16. The molecule has 87 valence electrons. The highest BCUT2D eigenvalue weighted by Gasteiger charge is 2.25. The van der Waals surface area contributed by atoms with Crippen molar-refractivity contribution in [2.75, 3.05) is 0 Å². The summed E-state index contributed by atoms with van der Waals surface area (Å²) in [5.74, 6) is 0.556. The zero-order valence-corrected chi connectivity index (χ0v) is 10.8. The number of halogens is 1. The number of hydrogen-bond acceptors (Lipinski definition) is 1. The summed E-state index contributed by atoms with van der Waals surface area (Å²) in [6, 6.07) is 6.21. The molecule has 1 heterocycles. The molecule has 1 aromatic rings. The first kappa shape index (κ1) is 11.1. The summed E-state index contributed by atoms with van der Waals surface area (Å²) in [6.07, 6.45) is 5.17. The highest BCUT2D eigenvalue weighted by atomic mass is 35.5. The lowest BCUT2D eigenvalue weighted by molar-refractivity contribution is 0.658. The molecule has 3 rings (SSSR count). The van der Waals surface area contributed by atoms with Gasteiger partial charge in [0.2, 0.25) is 0 Å². The van der Waals surface area contributed by atoms with Gasteiger partial charge in [0, 0.05) is 11.2 Å². The number of hydrogen-bond donors (Lipinski definition) is 1. The van der Waals surface area contributed by atoms with Crippen LogP contribution in [0.2, 0.25) is 5.02 Å². The van der Waals surface area contributed by atoms with Crippen molar-refractivity contribution in [3.05, 3.63) is 46.2 Å². The molecule has 1 radical (unpaired) electrons. The van der Waals surface area contributed by atoms with E-state index >= 15 is 0 Å². The van der Waals surface area contributed by atoms with Crippen LogP contribution in [0.15, 0.2) is 30.1 Å². The monoisotopic (exact) mass is 263 g/mol. The summed E-state index contributed by atoms with van der Waals surface area (Å²) in [6.45, 7) is 0. The summed E-state index contributed by atoms with van der Waals surface area (Å²) in [5, 5.41) is 8.66. The molecule has 1 aliphatic carbocycles. The molecule has 0 saturated heterocycles. The molecule has 1 aliphatic heterocycles. The number of aryl methyl sites for hydroxylation is 1. The first-order valence-electron chi connectivity index (χ1n) is 5.72. The van der Waals surface area contributed by atoms with Gasteiger partial charge in [0.25, 0.3) is 0 Å². The molecule has 1 aromatic carbocycles. The summed E-state index contributed by atoms with van der Waals surface area (Å²) in [4.78, 5) is 0. The third-order valence-corrected chi connectivity index (χ3v) is 3.81. The van der Waals surface area contributed by atoms with Crippen LogP contribution < -0.4 is 10.6 Å². The van der Waals surface area contributed by atoms with Gasteiger partial charge in [-0.1, -0.05) is 17.7 Å². The molecule has 0 amide bonds. The number of benzene rings is 1. The normalized spacial score (nSPS) is 21.8. The maximum absolute atomic E-state index is 6.00. The second kappa shape index (κ2) is 4.31. The SMILES string of the molecule is S=C1[N]C(CC2CCc3cc(Cl)ccc32)=CN1. The summed E-state index contributed by atoms with van der Waals surface area (Å²) in [5.41, 5.74) is 3.86. The van der Waals surface area contributed by atoms with E-state index in [1.807, 2.05) is 12.3 Å². The van der Waals surface area contributed by atoms with Crippen LogP contribution in [0, 0.1) is 0 Å². The Morgan fingerprint density at radius 3 is 3.12 bits per heavy atom. The van der Waals surface area contributed by atoms with Crippen molar-refractivity contribution in [1.29, 1.82) is 0 Å². The van der Waals surface area contributed by atoms with E-state index in [0.717, 1.165) is 23.6 Å². The molecule has 2 aliphatic rings. The fourth-order valence-electron chi connectivity index (χ4n) is 2.58. The molecule has 1 unspecified atom stereocenters. The fourth-order valence-corrected chi connectivity index (χ4v) is 2.95. The van der Waals surface area contributed by atoms with Gasteiger partial charge >= 0.3 is 0 Å². The van der Waals surface area contributed by atoms with Gasteiger partial charge in [0.1, 0.15) is 0 Å². The van der Waals surface area contributed by atoms with Crippen LogP contribution in [0.4, 0.5) is 0 Å². The molecule has 0 aromatic heterocycles. The van der Waals surface area contributed by atoms with Crippen molar-refractivity contribution in [1.82, 2.24) is 10.6 Å². The van der Waals surface area contributed by atoms with Crippen molar-refractivity contribution in [3.63, 3.8) is 0 Å². The van der Waals surface area contributed by atoms with E-state index in [1.165, 1.54) is 17.5 Å². The highest BCUT2D eigenvalue weighted by Crippen LogP contribution is 2.38. The zero-order valence-electron chi connectivity index (χ0n) is 9.24. The van der Waals surface area contributed by atoms with Gasteiger partial charge in [-0.3, -0.25) is 0 Å². The number of nitrogens with zero attached hydrogens (tertiary/aromatic N) is 1. The predicted molar refractivity (Wildman–Crippen MR) is 73.1 cm³/mol. The molecule has 1 atom stereocenters. The van der Waals surface area contributed by atoms with Crippen LogP contribution in [0.25, 0.3) is 0 Å². The van der Waals surface area contributed by atoms with Gasteiger partial charge in [-0.25, -0.2) is 5.32 Å². The van der Waals surface area contributed by atoms with Gasteiger partial charge in [-0.2, -0.15) is 0 Å². The van der Waals surface area contributed by atoms with E-state index in [0.29, 0.717) is 11.0 Å². The summed E-state index contributed by atoms with van der Waals surface area (Å²) < 4.78 is 0. The topological polar surface area (TPSA) is 26.1 Å². The molecule has 2 nitrogen and oxygen atoms in total. The predicted octanol–water partition coefficient (Wildman–Crippen LogP) is 3.09. The minimum absolute atomic E-state index is 0.556. The lowest BCUT2D eigenvalue weighted by Gasteiger charge is -2.11. The zero-order chi connectivity index (χ0) is 11.8. The van der Waals surface area contributed by atoms with Crippen molar-refractivity contribution in [2.45, 2.75) is 25.2 Å². The second-order valence-electron chi connectivity index (χ2n) is 4.48. The van der Waals surface area contributed by atoms with Gasteiger partial charge in [-0.05, 0) is 60.7 Å². The Hall–Kier alpha value is -1.06. The van der Waals surface area contributed by atoms with Gasteiger partial charge < -0.3 is 5.32 Å². The third kappa shape index (κ3) is 2.17. The Morgan fingerprint density at radius 1 is 1.47 bits per heavy atom. The summed E-state index contributed by atoms with van der Waals surface area (Å²) in [7, 11) is 0. The van der Waals surface area contributed by atoms with Crippen molar-refractivity contribution in [2.24, 2.45) is 0 Å². The van der Waals surface area contributed by atoms with Crippen LogP contribution in [0.1, 0.15) is 29.9 Å². The van der Waals surface area contributed by atoms with E-state index in [2.05, 4.69) is 22.8 Å². The average molecular weight is 264 g/mol. The molecule has 0 fully saturated rings. The van der Waals surface area contributed by atoms with E-state index in [-0.39, 0.29) is 0 Å². The maximum Gasteiger partial charge on any atom is 0.197 e. The minimum atomic E-state index is 0.556. The number of nitrogens with one attached hydrogen (secondary N) is 1.